The van der Waals surface area contributed by atoms with Gasteiger partial charge < -0.3 is 14.4 Å². The molecule has 2 atom stereocenters. The zero-order valence-electron chi connectivity index (χ0n) is 6.10. The lowest BCUT2D eigenvalue weighted by atomic mass is 10.5. The largest absolute Gasteiger partial charge is 0.395 e. The van der Waals surface area contributed by atoms with Gasteiger partial charge in [0, 0.05) is 0 Å². The summed E-state index contributed by atoms with van der Waals surface area (Å²) in [6.45, 7) is 3.46. The summed E-state index contributed by atoms with van der Waals surface area (Å²) in [4.78, 5) is 0. The van der Waals surface area contributed by atoms with E-state index in [4.69, 9.17) is 14.4 Å². The van der Waals surface area contributed by atoms with Crippen LogP contribution in [0.3, 0.4) is 0 Å². The second kappa shape index (κ2) is 6.48. The minimum absolute atomic E-state index is 0.0750. The molecule has 2 unspecified atom stereocenters. The van der Waals surface area contributed by atoms with Crippen LogP contribution in [0.2, 0.25) is 0 Å². The van der Waals surface area contributed by atoms with Gasteiger partial charge in [-0.25, -0.2) is 4.21 Å². The van der Waals surface area contributed by atoms with Crippen LogP contribution in [-0.4, -0.2) is 38.9 Å². The van der Waals surface area contributed by atoms with Gasteiger partial charge >= 0.3 is 0 Å². The van der Waals surface area contributed by atoms with Gasteiger partial charge in [0.1, 0.15) is 5.25 Å². The molecule has 0 aliphatic heterocycles. The highest BCUT2D eigenvalue weighted by Crippen LogP contribution is 1.93. The minimum Gasteiger partial charge on any atom is -0.395 e. The molecule has 0 aliphatic rings. The first-order valence-electron chi connectivity index (χ1n) is 3.11. The topological polar surface area (TPSA) is 66.8 Å². The zero-order chi connectivity index (χ0) is 8.69. The summed E-state index contributed by atoms with van der Waals surface area (Å²) in [6.07, 6.45) is 1.54. The number of aliphatic hydroxyl groups excluding tert-OH is 1. The zero-order valence-corrected chi connectivity index (χ0v) is 6.92. The molecule has 0 bridgehead atoms. The van der Waals surface area contributed by atoms with E-state index in [2.05, 4.69) is 6.58 Å². The minimum atomic E-state index is -2.02. The Labute approximate surface area is 68.2 Å². The maximum atomic E-state index is 10.4. The number of hydrogen-bond donors (Lipinski definition) is 2. The van der Waals surface area contributed by atoms with Crippen molar-refractivity contribution in [3.05, 3.63) is 12.7 Å². The van der Waals surface area contributed by atoms with Crippen LogP contribution in [0.4, 0.5) is 0 Å². The van der Waals surface area contributed by atoms with Crippen molar-refractivity contribution in [2.45, 2.75) is 5.25 Å². The van der Waals surface area contributed by atoms with E-state index < -0.39 is 16.3 Å². The molecule has 0 spiro atoms. The van der Waals surface area contributed by atoms with Crippen LogP contribution in [0.25, 0.3) is 0 Å². The third-order valence-electron chi connectivity index (χ3n) is 1.03. The lowest BCUT2D eigenvalue weighted by Gasteiger charge is -2.08. The fourth-order valence-electron chi connectivity index (χ4n) is 0.457. The first kappa shape index (κ1) is 10.8. The molecular weight excluding hydrogens is 168 g/mol. The van der Waals surface area contributed by atoms with Crippen LogP contribution in [0.5, 0.6) is 0 Å². The Kier molecular flexibility index (Phi) is 6.34. The number of rotatable bonds is 6. The van der Waals surface area contributed by atoms with Gasteiger partial charge in [0.25, 0.3) is 0 Å². The van der Waals surface area contributed by atoms with E-state index in [0.717, 1.165) is 0 Å². The van der Waals surface area contributed by atoms with Crippen molar-refractivity contribution < 1.29 is 18.6 Å². The van der Waals surface area contributed by atoms with Crippen molar-refractivity contribution in [3.63, 3.8) is 0 Å². The van der Waals surface area contributed by atoms with Crippen LogP contribution < -0.4 is 0 Å². The van der Waals surface area contributed by atoms with Crippen LogP contribution in [0, 0.1) is 0 Å². The number of ether oxygens (including phenoxy) is 1. The predicted octanol–water partition coefficient (Wildman–Crippen LogP) is -0.228. The Balaban J connectivity index is 3.52. The van der Waals surface area contributed by atoms with E-state index in [1.54, 1.807) is 0 Å². The molecule has 0 saturated heterocycles. The molecule has 0 heterocycles. The lowest BCUT2D eigenvalue weighted by Crippen LogP contribution is -2.25. The maximum absolute atomic E-state index is 10.4. The molecule has 11 heavy (non-hydrogen) atoms. The Morgan fingerprint density at radius 3 is 2.73 bits per heavy atom. The number of hydrogen-bond acceptors (Lipinski definition) is 3. The fourth-order valence-corrected chi connectivity index (χ4v) is 0.798. The van der Waals surface area contributed by atoms with Gasteiger partial charge in [-0.2, -0.15) is 0 Å². The Morgan fingerprint density at radius 2 is 2.36 bits per heavy atom. The first-order chi connectivity index (χ1) is 5.22. The molecule has 66 valence electrons. The third-order valence-corrected chi connectivity index (χ3v) is 1.88. The Hall–Kier alpha value is -0.230. The van der Waals surface area contributed by atoms with E-state index in [9.17, 15) is 4.21 Å². The Bertz CT molecular complexity index is 137. The Morgan fingerprint density at radius 1 is 1.73 bits per heavy atom. The summed E-state index contributed by atoms with van der Waals surface area (Å²) in [7, 11) is 0. The standard InChI is InChI=1S/C6H12O4S/c1-2-3-10-5-6(4-7)11(8)9/h2,6-7H,1,3-5H2,(H,8,9). The number of aliphatic hydroxyl groups is 1. The molecule has 0 saturated carbocycles. The van der Waals surface area contributed by atoms with Crippen LogP contribution in [0.1, 0.15) is 0 Å². The van der Waals surface area contributed by atoms with Gasteiger partial charge in [0.05, 0.1) is 19.8 Å². The van der Waals surface area contributed by atoms with Crippen molar-refractivity contribution in [1.29, 1.82) is 0 Å². The van der Waals surface area contributed by atoms with Gasteiger partial charge in [0.2, 0.25) is 0 Å². The van der Waals surface area contributed by atoms with Crippen molar-refractivity contribution >= 4 is 11.1 Å². The predicted molar refractivity (Wildman–Crippen MR) is 42.7 cm³/mol. The van der Waals surface area contributed by atoms with Crippen LogP contribution in [0.15, 0.2) is 12.7 Å². The van der Waals surface area contributed by atoms with Gasteiger partial charge in [0.15, 0.2) is 11.1 Å². The molecule has 0 fully saturated rings. The van der Waals surface area contributed by atoms with Crippen molar-refractivity contribution in [1.82, 2.24) is 0 Å². The molecule has 2 N–H and O–H groups in total. The monoisotopic (exact) mass is 180 g/mol. The first-order valence-corrected chi connectivity index (χ1v) is 4.28. The molecule has 0 rings (SSSR count). The van der Waals surface area contributed by atoms with Crippen molar-refractivity contribution in [3.8, 4) is 0 Å². The van der Waals surface area contributed by atoms with E-state index in [1.807, 2.05) is 0 Å². The van der Waals surface area contributed by atoms with Gasteiger partial charge in [-0.1, -0.05) is 6.08 Å². The molecule has 4 nitrogen and oxygen atoms in total. The highest BCUT2D eigenvalue weighted by atomic mass is 32.2. The lowest BCUT2D eigenvalue weighted by molar-refractivity contribution is 0.141. The molecule has 0 radical (unpaired) electrons. The molecule has 0 aliphatic carbocycles. The maximum Gasteiger partial charge on any atom is 0.160 e. The summed E-state index contributed by atoms with van der Waals surface area (Å²) in [5, 5.41) is 7.82. The third kappa shape index (κ3) is 5.09. The van der Waals surface area contributed by atoms with Crippen molar-refractivity contribution in [2.24, 2.45) is 0 Å². The van der Waals surface area contributed by atoms with E-state index in [1.165, 1.54) is 6.08 Å². The average molecular weight is 180 g/mol. The molecule has 0 aromatic carbocycles. The smallest absolute Gasteiger partial charge is 0.160 e. The highest BCUT2D eigenvalue weighted by molar-refractivity contribution is 7.79. The quantitative estimate of drug-likeness (QED) is 0.336. The SMILES string of the molecule is C=CCOCC(CO)S(=O)O. The molecule has 5 heteroatoms. The van der Waals surface area contributed by atoms with Gasteiger partial charge in [-0.3, -0.25) is 0 Å². The fraction of sp³-hybridized carbons (Fsp3) is 0.667. The van der Waals surface area contributed by atoms with Crippen LogP contribution >= 0.6 is 0 Å². The summed E-state index contributed by atoms with van der Waals surface area (Å²) in [5.74, 6) is 0. The summed E-state index contributed by atoms with van der Waals surface area (Å²) in [5.41, 5.74) is 0. The van der Waals surface area contributed by atoms with Gasteiger partial charge in [-0.15, -0.1) is 6.58 Å². The molecule has 0 amide bonds. The average Bonchev–Trinajstić information content (AvgIpc) is 1.97. The van der Waals surface area contributed by atoms with Gasteiger partial charge in [-0.05, 0) is 0 Å². The van der Waals surface area contributed by atoms with E-state index in [-0.39, 0.29) is 13.2 Å². The van der Waals surface area contributed by atoms with E-state index in [0.29, 0.717) is 6.61 Å². The molecule has 0 aromatic rings. The second-order valence-electron chi connectivity index (χ2n) is 1.91. The second-order valence-corrected chi connectivity index (χ2v) is 3.13. The molecular formula is C6H12O4S. The van der Waals surface area contributed by atoms with Crippen molar-refractivity contribution in [2.75, 3.05) is 19.8 Å². The van der Waals surface area contributed by atoms with Crippen LogP contribution in [-0.2, 0) is 15.8 Å². The highest BCUT2D eigenvalue weighted by Gasteiger charge is 2.12. The normalized spacial score (nSPS) is 15.8. The van der Waals surface area contributed by atoms with E-state index >= 15 is 0 Å². The summed E-state index contributed by atoms with van der Waals surface area (Å²) in [6, 6.07) is 0. The molecule has 0 aromatic heterocycles. The summed E-state index contributed by atoms with van der Waals surface area (Å²) >= 11 is -2.02. The summed E-state index contributed by atoms with van der Waals surface area (Å²) < 4.78 is 23.8.